The van der Waals surface area contributed by atoms with E-state index >= 15 is 0 Å². The van der Waals surface area contributed by atoms with Crippen molar-refractivity contribution in [2.45, 2.75) is 6.54 Å². The summed E-state index contributed by atoms with van der Waals surface area (Å²) in [6.07, 6.45) is 3.50. The van der Waals surface area contributed by atoms with Gasteiger partial charge in [0, 0.05) is 26.0 Å². The summed E-state index contributed by atoms with van der Waals surface area (Å²) in [6.45, 7) is 0.774. The Morgan fingerprint density at radius 2 is 2.17 bits per heavy atom. The third-order valence-electron chi connectivity index (χ3n) is 2.47. The highest BCUT2D eigenvalue weighted by Gasteiger charge is 2.08. The van der Waals surface area contributed by atoms with Gasteiger partial charge in [0.05, 0.1) is 0 Å². The summed E-state index contributed by atoms with van der Waals surface area (Å²) < 4.78 is 1.58. The molecule has 0 radical (unpaired) electrons. The van der Waals surface area contributed by atoms with E-state index in [9.17, 15) is 4.79 Å². The molecule has 0 atom stereocenters. The molecule has 18 heavy (non-hydrogen) atoms. The molecule has 0 aliphatic rings. The van der Waals surface area contributed by atoms with E-state index in [4.69, 9.17) is 0 Å². The smallest absolute Gasteiger partial charge is 0.271 e. The average Bonchev–Trinajstić information content (AvgIpc) is 2.89. The number of carbonyl (C=O) groups excluding carboxylic acids is 1. The van der Waals surface area contributed by atoms with Crippen LogP contribution in [0.15, 0.2) is 30.6 Å². The molecule has 2 rings (SSSR count). The molecule has 2 heterocycles. The molecule has 6 heteroatoms. The van der Waals surface area contributed by atoms with Crippen molar-refractivity contribution >= 4 is 5.91 Å². The molecule has 0 fully saturated rings. The first-order valence-electron chi connectivity index (χ1n) is 5.62. The fourth-order valence-corrected chi connectivity index (χ4v) is 1.56. The third kappa shape index (κ3) is 2.54. The molecule has 0 aliphatic carbocycles. The predicted molar refractivity (Wildman–Crippen MR) is 67.5 cm³/mol. The van der Waals surface area contributed by atoms with Crippen molar-refractivity contribution in [3.05, 3.63) is 41.9 Å². The van der Waals surface area contributed by atoms with E-state index in [-0.39, 0.29) is 5.91 Å². The normalized spacial score (nSPS) is 10.3. The van der Waals surface area contributed by atoms with Crippen LogP contribution in [-0.4, -0.2) is 34.8 Å². The number of carbonyl (C=O) groups is 1. The van der Waals surface area contributed by atoms with Crippen molar-refractivity contribution in [3.63, 3.8) is 0 Å². The van der Waals surface area contributed by atoms with Crippen molar-refractivity contribution < 1.29 is 4.79 Å². The average molecular weight is 245 g/mol. The molecule has 0 bridgehead atoms. The minimum atomic E-state index is -0.208. The molecule has 6 nitrogen and oxygen atoms in total. The number of nitrogens with one attached hydrogen (secondary N) is 2. The molecule has 94 valence electrons. The van der Waals surface area contributed by atoms with Gasteiger partial charge in [0.25, 0.3) is 5.91 Å². The first-order valence-corrected chi connectivity index (χ1v) is 5.62. The summed E-state index contributed by atoms with van der Waals surface area (Å²) in [6, 6.07) is 5.50. The van der Waals surface area contributed by atoms with Gasteiger partial charge in [0.1, 0.15) is 0 Å². The van der Waals surface area contributed by atoms with Gasteiger partial charge in [-0.1, -0.05) is 6.07 Å². The maximum absolute atomic E-state index is 11.4. The molecule has 0 aliphatic heterocycles. The van der Waals surface area contributed by atoms with Crippen LogP contribution in [0.25, 0.3) is 5.82 Å². The van der Waals surface area contributed by atoms with Crippen LogP contribution < -0.4 is 10.6 Å². The van der Waals surface area contributed by atoms with Crippen LogP contribution in [0, 0.1) is 0 Å². The van der Waals surface area contributed by atoms with Crippen LogP contribution >= 0.6 is 0 Å². The number of aromatic nitrogens is 3. The highest BCUT2D eigenvalue weighted by Crippen LogP contribution is 2.06. The Labute approximate surface area is 105 Å². The second-order valence-electron chi connectivity index (χ2n) is 3.78. The third-order valence-corrected chi connectivity index (χ3v) is 2.47. The van der Waals surface area contributed by atoms with Gasteiger partial charge in [-0.25, -0.2) is 9.67 Å². The molecule has 0 saturated carbocycles. The standard InChI is InChI=1S/C12H15N5O/c1-13-7-9-3-4-11(15-8-9)17-6-5-10(16-17)12(18)14-2/h3-6,8,13H,7H2,1-2H3,(H,14,18). The number of rotatable bonds is 4. The van der Waals surface area contributed by atoms with Crippen LogP contribution in [0.1, 0.15) is 16.1 Å². The highest BCUT2D eigenvalue weighted by molar-refractivity contribution is 5.91. The van der Waals surface area contributed by atoms with Gasteiger partial charge < -0.3 is 10.6 Å². The minimum Gasteiger partial charge on any atom is -0.354 e. The first kappa shape index (κ1) is 12.3. The zero-order valence-electron chi connectivity index (χ0n) is 10.3. The van der Waals surface area contributed by atoms with Gasteiger partial charge in [-0.15, -0.1) is 0 Å². The van der Waals surface area contributed by atoms with Crippen LogP contribution in [0.5, 0.6) is 0 Å². The maximum atomic E-state index is 11.4. The van der Waals surface area contributed by atoms with Gasteiger partial charge in [0.15, 0.2) is 11.5 Å². The van der Waals surface area contributed by atoms with Crippen molar-refractivity contribution in [1.29, 1.82) is 0 Å². The molecule has 2 N–H and O–H groups in total. The number of hydrogen-bond donors (Lipinski definition) is 2. The monoisotopic (exact) mass is 245 g/mol. The maximum Gasteiger partial charge on any atom is 0.271 e. The summed E-state index contributed by atoms with van der Waals surface area (Å²) in [7, 11) is 3.46. The Bertz CT molecular complexity index is 532. The van der Waals surface area contributed by atoms with Gasteiger partial charge in [-0.3, -0.25) is 4.79 Å². The molecule has 0 spiro atoms. The quantitative estimate of drug-likeness (QED) is 0.815. The second kappa shape index (κ2) is 5.42. The molecular weight excluding hydrogens is 230 g/mol. The van der Waals surface area contributed by atoms with E-state index < -0.39 is 0 Å². The van der Waals surface area contributed by atoms with Crippen molar-refractivity contribution in [1.82, 2.24) is 25.4 Å². The van der Waals surface area contributed by atoms with E-state index in [0.717, 1.165) is 12.1 Å². The van der Waals surface area contributed by atoms with E-state index in [1.807, 2.05) is 19.2 Å². The summed E-state index contributed by atoms with van der Waals surface area (Å²) in [5, 5.41) is 9.74. The lowest BCUT2D eigenvalue weighted by Gasteiger charge is -2.02. The second-order valence-corrected chi connectivity index (χ2v) is 3.78. The molecule has 0 unspecified atom stereocenters. The number of nitrogens with zero attached hydrogens (tertiary/aromatic N) is 3. The summed E-state index contributed by atoms with van der Waals surface area (Å²) in [5.74, 6) is 0.477. The predicted octanol–water partition coefficient (Wildman–Crippen LogP) is 0.346. The number of hydrogen-bond acceptors (Lipinski definition) is 4. The zero-order valence-corrected chi connectivity index (χ0v) is 10.3. The van der Waals surface area contributed by atoms with Crippen molar-refractivity contribution in [2.24, 2.45) is 0 Å². The Kier molecular flexibility index (Phi) is 3.69. The van der Waals surface area contributed by atoms with E-state index in [2.05, 4.69) is 20.7 Å². The molecule has 1 amide bonds. The van der Waals surface area contributed by atoms with Gasteiger partial charge >= 0.3 is 0 Å². The van der Waals surface area contributed by atoms with Crippen LogP contribution in [-0.2, 0) is 6.54 Å². The Balaban J connectivity index is 2.20. The van der Waals surface area contributed by atoms with Gasteiger partial charge in [0.2, 0.25) is 0 Å². The Hall–Kier alpha value is -2.21. The molecule has 2 aromatic rings. The fourth-order valence-electron chi connectivity index (χ4n) is 1.56. The fraction of sp³-hybridized carbons (Fsp3) is 0.250. The van der Waals surface area contributed by atoms with Crippen LogP contribution in [0.4, 0.5) is 0 Å². The van der Waals surface area contributed by atoms with Crippen LogP contribution in [0.2, 0.25) is 0 Å². The molecular formula is C12H15N5O. The summed E-state index contributed by atoms with van der Waals surface area (Å²) in [4.78, 5) is 15.7. The molecule has 0 saturated heterocycles. The van der Waals surface area contributed by atoms with Crippen molar-refractivity contribution in [2.75, 3.05) is 14.1 Å². The Morgan fingerprint density at radius 1 is 1.33 bits per heavy atom. The summed E-state index contributed by atoms with van der Waals surface area (Å²) >= 11 is 0. The molecule has 2 aromatic heterocycles. The lowest BCUT2D eigenvalue weighted by molar-refractivity contribution is 0.0957. The number of pyridine rings is 1. The first-order chi connectivity index (χ1) is 8.74. The zero-order chi connectivity index (χ0) is 13.0. The lowest BCUT2D eigenvalue weighted by atomic mass is 10.3. The minimum absolute atomic E-state index is 0.208. The van der Waals surface area contributed by atoms with E-state index in [0.29, 0.717) is 11.5 Å². The SMILES string of the molecule is CNCc1ccc(-n2ccc(C(=O)NC)n2)nc1. The highest BCUT2D eigenvalue weighted by atomic mass is 16.1. The Morgan fingerprint density at radius 3 is 2.78 bits per heavy atom. The largest absolute Gasteiger partial charge is 0.354 e. The topological polar surface area (TPSA) is 71.8 Å². The lowest BCUT2D eigenvalue weighted by Crippen LogP contribution is -2.18. The molecule has 0 aromatic carbocycles. The van der Waals surface area contributed by atoms with Crippen LogP contribution in [0.3, 0.4) is 0 Å². The van der Waals surface area contributed by atoms with Gasteiger partial charge in [-0.2, -0.15) is 5.10 Å². The van der Waals surface area contributed by atoms with E-state index in [1.54, 1.807) is 30.2 Å². The number of amides is 1. The summed E-state index contributed by atoms with van der Waals surface area (Å²) in [5.41, 5.74) is 1.47. The van der Waals surface area contributed by atoms with Crippen molar-refractivity contribution in [3.8, 4) is 5.82 Å². The van der Waals surface area contributed by atoms with E-state index in [1.165, 1.54) is 0 Å². The van der Waals surface area contributed by atoms with Gasteiger partial charge in [-0.05, 0) is 24.7 Å².